The van der Waals surface area contributed by atoms with Crippen molar-refractivity contribution >= 4 is 11.6 Å². The SMILES string of the molecule is CCC(=O)N(C[C@@H]1CCCN(CCC(C)C)C1)c1ccccc1. The van der Waals surface area contributed by atoms with Crippen molar-refractivity contribution in [1.82, 2.24) is 4.90 Å². The highest BCUT2D eigenvalue weighted by Gasteiger charge is 2.24. The minimum Gasteiger partial charge on any atom is -0.312 e. The van der Waals surface area contributed by atoms with Crippen LogP contribution >= 0.6 is 0 Å². The van der Waals surface area contributed by atoms with Gasteiger partial charge in [0.1, 0.15) is 0 Å². The van der Waals surface area contributed by atoms with Gasteiger partial charge in [-0.2, -0.15) is 0 Å². The van der Waals surface area contributed by atoms with E-state index >= 15 is 0 Å². The van der Waals surface area contributed by atoms with Crippen LogP contribution < -0.4 is 4.90 Å². The Labute approximate surface area is 141 Å². The first-order valence-corrected chi connectivity index (χ1v) is 9.18. The van der Waals surface area contributed by atoms with Crippen LogP contribution in [-0.4, -0.2) is 37.0 Å². The molecule has 1 aromatic rings. The fourth-order valence-electron chi connectivity index (χ4n) is 3.35. The van der Waals surface area contributed by atoms with Crippen molar-refractivity contribution in [1.29, 1.82) is 0 Å². The number of rotatable bonds is 7. The van der Waals surface area contributed by atoms with Crippen molar-refractivity contribution in [3.8, 4) is 0 Å². The first-order valence-electron chi connectivity index (χ1n) is 9.18. The van der Waals surface area contributed by atoms with Gasteiger partial charge in [-0.25, -0.2) is 0 Å². The zero-order valence-corrected chi connectivity index (χ0v) is 15.0. The van der Waals surface area contributed by atoms with Gasteiger partial charge in [0.2, 0.25) is 5.91 Å². The van der Waals surface area contributed by atoms with E-state index in [1.807, 2.05) is 42.2 Å². The molecule has 3 heteroatoms. The molecule has 0 spiro atoms. The van der Waals surface area contributed by atoms with E-state index in [9.17, 15) is 4.79 Å². The third-order valence-electron chi connectivity index (χ3n) is 4.74. The van der Waals surface area contributed by atoms with Crippen molar-refractivity contribution < 1.29 is 4.79 Å². The van der Waals surface area contributed by atoms with Gasteiger partial charge in [-0.1, -0.05) is 39.0 Å². The van der Waals surface area contributed by atoms with Crippen LogP contribution in [0.25, 0.3) is 0 Å². The maximum Gasteiger partial charge on any atom is 0.226 e. The number of benzene rings is 1. The highest BCUT2D eigenvalue weighted by molar-refractivity contribution is 5.93. The largest absolute Gasteiger partial charge is 0.312 e. The first kappa shape index (κ1) is 18.0. The number of likely N-dealkylation sites (tertiary alicyclic amines) is 1. The Morgan fingerprint density at radius 2 is 2.04 bits per heavy atom. The Morgan fingerprint density at radius 1 is 1.30 bits per heavy atom. The summed E-state index contributed by atoms with van der Waals surface area (Å²) in [6.45, 7) is 10.9. The van der Waals surface area contributed by atoms with Crippen molar-refractivity contribution in [2.45, 2.75) is 46.5 Å². The summed E-state index contributed by atoms with van der Waals surface area (Å²) in [6, 6.07) is 10.1. The van der Waals surface area contributed by atoms with Crippen molar-refractivity contribution in [3.63, 3.8) is 0 Å². The van der Waals surface area contributed by atoms with Crippen LogP contribution in [-0.2, 0) is 4.79 Å². The van der Waals surface area contributed by atoms with E-state index in [-0.39, 0.29) is 5.91 Å². The molecule has 0 aromatic heterocycles. The van der Waals surface area contributed by atoms with Crippen LogP contribution in [0.15, 0.2) is 30.3 Å². The van der Waals surface area contributed by atoms with Crippen LogP contribution in [0.5, 0.6) is 0 Å². The summed E-state index contributed by atoms with van der Waals surface area (Å²) in [5.74, 6) is 1.58. The molecule has 1 atom stereocenters. The van der Waals surface area contributed by atoms with Crippen molar-refractivity contribution in [2.75, 3.05) is 31.1 Å². The average molecular weight is 316 g/mol. The first-order chi connectivity index (χ1) is 11.1. The lowest BCUT2D eigenvalue weighted by atomic mass is 9.96. The normalized spacial score (nSPS) is 19.0. The number of hydrogen-bond acceptors (Lipinski definition) is 2. The second kappa shape index (κ2) is 9.07. The summed E-state index contributed by atoms with van der Waals surface area (Å²) in [4.78, 5) is 17.0. The van der Waals surface area contributed by atoms with E-state index in [0.717, 1.165) is 24.7 Å². The molecule has 0 bridgehead atoms. The van der Waals surface area contributed by atoms with E-state index in [0.29, 0.717) is 12.3 Å². The molecule has 1 heterocycles. The Bertz CT molecular complexity index is 472. The number of para-hydroxylation sites is 1. The second-order valence-corrected chi connectivity index (χ2v) is 7.18. The predicted molar refractivity (Wildman–Crippen MR) is 97.7 cm³/mol. The molecule has 1 aromatic carbocycles. The molecule has 0 radical (unpaired) electrons. The van der Waals surface area contributed by atoms with Gasteiger partial charge in [0.15, 0.2) is 0 Å². The standard InChI is InChI=1S/C20H32N2O/c1-4-20(23)22(19-10-6-5-7-11-19)16-18-9-8-13-21(15-18)14-12-17(2)3/h5-7,10-11,17-18H,4,8-9,12-16H2,1-3H3/t18-/m1/s1. The van der Waals surface area contributed by atoms with Gasteiger partial charge in [-0.05, 0) is 56.3 Å². The number of hydrogen-bond donors (Lipinski definition) is 0. The predicted octanol–water partition coefficient (Wildman–Crippen LogP) is 4.19. The van der Waals surface area contributed by atoms with Crippen LogP contribution in [0.2, 0.25) is 0 Å². The molecule has 1 aliphatic heterocycles. The molecule has 0 unspecified atom stereocenters. The van der Waals surface area contributed by atoms with Crippen LogP contribution in [0.4, 0.5) is 5.69 Å². The van der Waals surface area contributed by atoms with E-state index in [4.69, 9.17) is 0 Å². The minimum atomic E-state index is 0.232. The fourth-order valence-corrected chi connectivity index (χ4v) is 3.35. The number of anilines is 1. The summed E-state index contributed by atoms with van der Waals surface area (Å²) < 4.78 is 0. The second-order valence-electron chi connectivity index (χ2n) is 7.18. The summed E-state index contributed by atoms with van der Waals surface area (Å²) in [6.07, 6.45) is 4.33. The molecule has 3 nitrogen and oxygen atoms in total. The smallest absolute Gasteiger partial charge is 0.226 e. The minimum absolute atomic E-state index is 0.232. The highest BCUT2D eigenvalue weighted by Crippen LogP contribution is 2.22. The summed E-state index contributed by atoms with van der Waals surface area (Å²) >= 11 is 0. The van der Waals surface area contributed by atoms with Gasteiger partial charge in [0.05, 0.1) is 0 Å². The monoisotopic (exact) mass is 316 g/mol. The van der Waals surface area contributed by atoms with Gasteiger partial charge in [-0.15, -0.1) is 0 Å². The molecule has 1 saturated heterocycles. The summed E-state index contributed by atoms with van der Waals surface area (Å²) in [7, 11) is 0. The van der Waals surface area contributed by atoms with Crippen LogP contribution in [0.3, 0.4) is 0 Å². The van der Waals surface area contributed by atoms with E-state index in [1.165, 1.54) is 32.4 Å². The Hall–Kier alpha value is -1.35. The van der Waals surface area contributed by atoms with Gasteiger partial charge in [-0.3, -0.25) is 4.79 Å². The van der Waals surface area contributed by atoms with Crippen molar-refractivity contribution in [2.24, 2.45) is 11.8 Å². The molecule has 1 amide bonds. The van der Waals surface area contributed by atoms with Crippen LogP contribution in [0, 0.1) is 11.8 Å². The third kappa shape index (κ3) is 5.65. The topological polar surface area (TPSA) is 23.6 Å². The fraction of sp³-hybridized carbons (Fsp3) is 0.650. The lowest BCUT2D eigenvalue weighted by Gasteiger charge is -2.36. The number of carbonyl (C=O) groups excluding carboxylic acids is 1. The maximum atomic E-state index is 12.4. The molecular formula is C20H32N2O. The lowest BCUT2D eigenvalue weighted by molar-refractivity contribution is -0.118. The molecule has 2 rings (SSSR count). The zero-order valence-electron chi connectivity index (χ0n) is 15.0. The lowest BCUT2D eigenvalue weighted by Crippen LogP contribution is -2.43. The van der Waals surface area contributed by atoms with Gasteiger partial charge < -0.3 is 9.80 Å². The Balaban J connectivity index is 1.97. The molecule has 23 heavy (non-hydrogen) atoms. The Morgan fingerprint density at radius 3 is 2.70 bits per heavy atom. The van der Waals surface area contributed by atoms with Crippen molar-refractivity contribution in [3.05, 3.63) is 30.3 Å². The molecule has 0 N–H and O–H groups in total. The quantitative estimate of drug-likeness (QED) is 0.753. The molecular weight excluding hydrogens is 284 g/mol. The van der Waals surface area contributed by atoms with E-state index in [2.05, 4.69) is 18.7 Å². The molecule has 1 aliphatic rings. The number of amides is 1. The third-order valence-corrected chi connectivity index (χ3v) is 4.74. The van der Waals surface area contributed by atoms with E-state index in [1.54, 1.807) is 0 Å². The molecule has 0 saturated carbocycles. The summed E-state index contributed by atoms with van der Waals surface area (Å²) in [5, 5.41) is 0. The van der Waals surface area contributed by atoms with Gasteiger partial charge in [0, 0.05) is 25.2 Å². The molecule has 1 fully saturated rings. The zero-order chi connectivity index (χ0) is 16.7. The van der Waals surface area contributed by atoms with Gasteiger partial charge >= 0.3 is 0 Å². The summed E-state index contributed by atoms with van der Waals surface area (Å²) in [5.41, 5.74) is 1.04. The number of carbonyl (C=O) groups is 1. The number of nitrogens with zero attached hydrogens (tertiary/aromatic N) is 2. The maximum absolute atomic E-state index is 12.4. The highest BCUT2D eigenvalue weighted by atomic mass is 16.2. The van der Waals surface area contributed by atoms with E-state index < -0.39 is 0 Å². The Kier molecular flexibility index (Phi) is 7.10. The number of piperidine rings is 1. The molecule has 128 valence electrons. The average Bonchev–Trinajstić information content (AvgIpc) is 2.58. The van der Waals surface area contributed by atoms with Gasteiger partial charge in [0.25, 0.3) is 0 Å². The molecule has 0 aliphatic carbocycles. The van der Waals surface area contributed by atoms with Crippen LogP contribution in [0.1, 0.15) is 46.5 Å².